The van der Waals surface area contributed by atoms with Gasteiger partial charge in [-0.1, -0.05) is 111 Å². The van der Waals surface area contributed by atoms with Gasteiger partial charge in [0, 0.05) is 144 Å². The molecular formula is C81H88Cl6N20O9S3. The van der Waals surface area contributed by atoms with Gasteiger partial charge in [-0.25, -0.2) is 29.9 Å². The molecule has 38 heteroatoms. The molecule has 9 aromatic rings. The number of hydrogen-bond acceptors (Lipinski definition) is 24. The van der Waals surface area contributed by atoms with E-state index in [9.17, 15) is 28.8 Å². The van der Waals surface area contributed by atoms with Crippen LogP contribution in [0, 0.1) is 0 Å². The first kappa shape index (κ1) is 87.9. The fourth-order valence-electron chi connectivity index (χ4n) is 14.6. The van der Waals surface area contributed by atoms with Gasteiger partial charge in [-0.05, 0) is 136 Å². The van der Waals surface area contributed by atoms with Crippen LogP contribution >= 0.6 is 104 Å². The van der Waals surface area contributed by atoms with Crippen molar-refractivity contribution in [1.82, 2.24) is 60.6 Å². The van der Waals surface area contributed by atoms with Crippen LogP contribution in [0.2, 0.25) is 30.1 Å². The Hall–Kier alpha value is -8.93. The van der Waals surface area contributed by atoms with Crippen molar-refractivity contribution in [3.05, 3.63) is 198 Å². The number of thiophene rings is 3. The summed E-state index contributed by atoms with van der Waals surface area (Å²) in [6, 6.07) is 24.0. The number of carbonyl (C=O) groups is 6. The first-order valence-electron chi connectivity index (χ1n) is 39.0. The van der Waals surface area contributed by atoms with Gasteiger partial charge in [-0.2, -0.15) is 0 Å². The van der Waals surface area contributed by atoms with Gasteiger partial charge < -0.3 is 72.3 Å². The fraction of sp³-hybridized carbons (Fsp3) is 0.407. The summed E-state index contributed by atoms with van der Waals surface area (Å²) in [7, 11) is 0. The van der Waals surface area contributed by atoms with Gasteiger partial charge in [0.2, 0.25) is 35.6 Å². The van der Waals surface area contributed by atoms with Crippen LogP contribution in [0.3, 0.4) is 0 Å². The molecule has 119 heavy (non-hydrogen) atoms. The van der Waals surface area contributed by atoms with E-state index in [4.69, 9.17) is 101 Å². The number of azide groups is 1. The Morgan fingerprint density at radius 2 is 0.773 bits per heavy atom. The monoisotopic (exact) mass is 1790 g/mol. The minimum absolute atomic E-state index is 0.00630. The number of aromatic nitrogens is 6. The standard InChI is InChI=1S/C27H28Cl2N8O3S.2C27H30Cl2N6O3S/c1-15(25(38)34-21(14-32-36-30)16-3-2-4-17(28)11-16)37-8-5-22-19(26(37)39)12-23(41-22)24-20(29)13-31-27(35-24)33-18-6-9-40-10-7-18;2*1-15(25(36)33-21(13-30)16-3-2-4-17(28)11-16)35-8-5-22-19(26(35)37)12-23(39-22)24-20(29)14-31-27(34-24)32-18-6-9-38-10-7-18/h2-4,11-13,15,18,21H,5-10,14H2,1H3,(H,34,38)(H,31,33,35);2*2-4,11-12,14-15,18,21H,5-10,13,30H2,1H3,(H,33,36)(H,31,32,34)/t15?,21-;15-,21+;15-,21-/m101/s1. The summed E-state index contributed by atoms with van der Waals surface area (Å²) < 4.78 is 16.3. The second kappa shape index (κ2) is 41.1. The predicted molar refractivity (Wildman–Crippen MR) is 465 cm³/mol. The Bertz CT molecular complexity index is 5010. The van der Waals surface area contributed by atoms with Gasteiger partial charge in [0.25, 0.3) is 17.7 Å². The maximum Gasteiger partial charge on any atom is 0.255 e. The van der Waals surface area contributed by atoms with E-state index in [1.54, 1.807) is 109 Å². The quantitative estimate of drug-likeness (QED) is 0.0150. The van der Waals surface area contributed by atoms with Gasteiger partial charge in [0.05, 0.1) is 89.7 Å². The van der Waals surface area contributed by atoms with Crippen molar-refractivity contribution in [3.8, 4) is 31.7 Å². The molecular weight excluding hydrogens is 1710 g/mol. The van der Waals surface area contributed by atoms with Gasteiger partial charge in [0.15, 0.2) is 0 Å². The number of nitrogens with zero attached hydrogens (tertiary/aromatic N) is 12. The summed E-state index contributed by atoms with van der Waals surface area (Å²) in [5.41, 5.74) is 26.4. The van der Waals surface area contributed by atoms with Crippen LogP contribution in [0.5, 0.6) is 0 Å². The largest absolute Gasteiger partial charge is 0.381 e. The zero-order valence-corrected chi connectivity index (χ0v) is 72.1. The van der Waals surface area contributed by atoms with Gasteiger partial charge in [-0.3, -0.25) is 28.8 Å². The normalized spacial score (nSPS) is 17.2. The van der Waals surface area contributed by atoms with Crippen LogP contribution in [0.1, 0.15) is 140 Å². The van der Waals surface area contributed by atoms with E-state index in [1.165, 1.54) is 34.0 Å². The molecule has 12 heterocycles. The molecule has 6 atom stereocenters. The minimum Gasteiger partial charge on any atom is -0.381 e. The van der Waals surface area contributed by atoms with Crippen LogP contribution in [0.25, 0.3) is 42.2 Å². The van der Waals surface area contributed by atoms with Crippen LogP contribution in [0.15, 0.2) is 115 Å². The number of ether oxygens (including phenoxy) is 3. The van der Waals surface area contributed by atoms with Crippen molar-refractivity contribution in [2.75, 3.05) is 94.9 Å². The second-order valence-electron chi connectivity index (χ2n) is 29.1. The summed E-state index contributed by atoms with van der Waals surface area (Å²) in [6.45, 7) is 11.0. The molecule has 0 radical (unpaired) electrons. The third-order valence-corrected chi connectivity index (χ3v) is 26.4. The van der Waals surface area contributed by atoms with E-state index in [2.05, 4.69) is 71.8 Å². The Morgan fingerprint density at radius 3 is 1.06 bits per heavy atom. The zero-order valence-electron chi connectivity index (χ0n) is 65.1. The number of nitrogens with one attached hydrogen (secondary N) is 6. The van der Waals surface area contributed by atoms with E-state index >= 15 is 0 Å². The van der Waals surface area contributed by atoms with Crippen LogP contribution in [-0.2, 0) is 47.9 Å². The molecule has 0 saturated carbocycles. The molecule has 0 spiro atoms. The molecule has 1 unspecified atom stereocenters. The molecule has 6 aromatic heterocycles. The van der Waals surface area contributed by atoms with Crippen molar-refractivity contribution < 1.29 is 43.0 Å². The highest BCUT2D eigenvalue weighted by Gasteiger charge is 2.39. The number of halogens is 6. The SMILES string of the molecule is CC(C(=O)N[C@H](CN=[N+]=[N-])c1cccc(Cl)c1)N1CCc2sc(-c3nc(NC4CCOCC4)ncc3Cl)cc2C1=O.C[C@@H](C(=O)N[C@H](CN)c1cccc(Cl)c1)N1CCc2sc(-c3nc(NC4CCOCC4)ncc3Cl)cc2C1=O.C[C@H](C(=O)N[C@H](CN)c1cccc(Cl)c1)N1CCc2sc(-c3nc(NC4CCOCC4)ncc3Cl)cc2C1=O. The van der Waals surface area contributed by atoms with Crippen LogP contribution < -0.4 is 43.4 Å². The number of fused-ring (bicyclic) bond motifs is 3. The summed E-state index contributed by atoms with van der Waals surface area (Å²) >= 11 is 42.3. The highest BCUT2D eigenvalue weighted by Crippen LogP contribution is 2.42. The number of carbonyl (C=O) groups excluding carboxylic acids is 6. The van der Waals surface area contributed by atoms with E-state index in [0.717, 1.165) is 78.9 Å². The lowest BCUT2D eigenvalue weighted by Crippen LogP contribution is -2.51. The third-order valence-electron chi connectivity index (χ3n) is 21.3. The van der Waals surface area contributed by atoms with E-state index in [1.807, 2.05) is 36.4 Å². The number of amides is 6. The van der Waals surface area contributed by atoms with Crippen molar-refractivity contribution in [2.45, 2.75) is 133 Å². The van der Waals surface area contributed by atoms with E-state index < -0.39 is 36.3 Å². The number of nitrogens with two attached hydrogens (primary N) is 2. The maximum atomic E-state index is 13.6. The summed E-state index contributed by atoms with van der Waals surface area (Å²) in [6.07, 6.45) is 11.9. The first-order chi connectivity index (χ1) is 57.5. The smallest absolute Gasteiger partial charge is 0.255 e. The number of rotatable bonds is 25. The van der Waals surface area contributed by atoms with Crippen molar-refractivity contribution in [1.29, 1.82) is 0 Å². The van der Waals surface area contributed by atoms with E-state index in [0.29, 0.717) is 166 Å². The molecule has 3 aromatic carbocycles. The fourth-order valence-corrected chi connectivity index (χ4v) is 19.3. The lowest BCUT2D eigenvalue weighted by atomic mass is 10.0. The molecule has 3 fully saturated rings. The molecule has 29 nitrogen and oxygen atoms in total. The highest BCUT2D eigenvalue weighted by molar-refractivity contribution is 7.16. The second-order valence-corrected chi connectivity index (χ2v) is 35.1. The molecule has 6 amide bonds. The average molecular weight is 1790 g/mol. The Balaban J connectivity index is 0.000000155. The van der Waals surface area contributed by atoms with E-state index in [-0.39, 0.29) is 73.2 Å². The molecule has 15 rings (SSSR count). The van der Waals surface area contributed by atoms with Crippen molar-refractivity contribution in [2.24, 2.45) is 16.6 Å². The summed E-state index contributed by atoms with van der Waals surface area (Å²) in [5.74, 6) is -0.0651. The number of benzene rings is 3. The molecule has 6 aliphatic heterocycles. The first-order valence-corrected chi connectivity index (χ1v) is 43.7. The van der Waals surface area contributed by atoms with Crippen molar-refractivity contribution >= 4 is 157 Å². The number of anilines is 3. The summed E-state index contributed by atoms with van der Waals surface area (Å²) in [4.78, 5) is 120. The lowest BCUT2D eigenvalue weighted by molar-refractivity contribution is -0.126. The highest BCUT2D eigenvalue weighted by atomic mass is 35.5. The molecule has 10 N–H and O–H groups in total. The third kappa shape index (κ3) is 21.9. The van der Waals surface area contributed by atoms with Gasteiger partial charge in [0.1, 0.15) is 35.2 Å². The van der Waals surface area contributed by atoms with Crippen LogP contribution in [0.4, 0.5) is 17.8 Å². The zero-order chi connectivity index (χ0) is 84.0. The molecule has 626 valence electrons. The molecule has 3 saturated heterocycles. The van der Waals surface area contributed by atoms with Gasteiger partial charge >= 0.3 is 0 Å². The minimum atomic E-state index is -0.760. The Labute approximate surface area is 729 Å². The Kier molecular flexibility index (Phi) is 30.3. The van der Waals surface area contributed by atoms with Crippen LogP contribution in [-0.4, -0.2) is 195 Å². The predicted octanol–water partition coefficient (Wildman–Crippen LogP) is 14.3. The molecule has 6 aliphatic rings. The molecule has 0 aliphatic carbocycles. The topological polar surface area (TPSA) is 390 Å². The Morgan fingerprint density at radius 1 is 0.479 bits per heavy atom. The lowest BCUT2D eigenvalue weighted by Gasteiger charge is -2.32. The number of hydrogen-bond donors (Lipinski definition) is 8. The van der Waals surface area contributed by atoms with Gasteiger partial charge in [-0.15, -0.1) is 34.0 Å². The molecule has 0 bridgehead atoms. The summed E-state index contributed by atoms with van der Waals surface area (Å²) in [5, 5.41) is 25.4. The average Bonchev–Trinajstić information content (AvgIpc) is 1.65. The van der Waals surface area contributed by atoms with Crippen molar-refractivity contribution in [3.63, 3.8) is 0 Å². The maximum absolute atomic E-state index is 13.6.